The summed E-state index contributed by atoms with van der Waals surface area (Å²) >= 11 is 0. The summed E-state index contributed by atoms with van der Waals surface area (Å²) in [4.78, 5) is 19.0. The number of benzene rings is 1. The Kier molecular flexibility index (Phi) is 6.68. The molecule has 0 radical (unpaired) electrons. The smallest absolute Gasteiger partial charge is 0.433 e. The van der Waals surface area contributed by atoms with Crippen molar-refractivity contribution in [2.24, 2.45) is 5.92 Å². The number of anilines is 2. The van der Waals surface area contributed by atoms with Crippen LogP contribution in [0.4, 0.5) is 24.5 Å². The molecule has 4 rings (SSSR count). The molecule has 2 heterocycles. The van der Waals surface area contributed by atoms with E-state index in [1.807, 2.05) is 24.3 Å². The van der Waals surface area contributed by atoms with Gasteiger partial charge in [-0.2, -0.15) is 13.2 Å². The van der Waals surface area contributed by atoms with Gasteiger partial charge in [0.05, 0.1) is 29.5 Å². The number of hydrogen-bond donors (Lipinski definition) is 2. The first-order valence-electron chi connectivity index (χ1n) is 11.0. The standard InChI is InChI=1S/C26H24F3N3O2/c1-16(25(33)34)17-2-4-18(5-3-17)19-6-8-20(9-7-19)23-12-10-21(14-30-23)32-22-11-13-24(31-15-22)26(27,28)29/h6-15,17-18,32H,1-5H2,(H,33,34). The van der Waals surface area contributed by atoms with Gasteiger partial charge < -0.3 is 10.4 Å². The van der Waals surface area contributed by atoms with E-state index in [2.05, 4.69) is 34.0 Å². The molecule has 1 aromatic carbocycles. The van der Waals surface area contributed by atoms with Crippen LogP contribution < -0.4 is 5.32 Å². The SMILES string of the molecule is C=C(C(=O)O)C1CCC(c2ccc(-c3ccc(Nc4ccc(C(F)(F)F)nc4)cn3)cc2)CC1. The first-order chi connectivity index (χ1) is 16.2. The molecule has 0 saturated heterocycles. The van der Waals surface area contributed by atoms with Gasteiger partial charge in [0.15, 0.2) is 0 Å². The van der Waals surface area contributed by atoms with Crippen LogP contribution in [0.15, 0.2) is 73.1 Å². The lowest BCUT2D eigenvalue weighted by atomic mass is 9.76. The van der Waals surface area contributed by atoms with Gasteiger partial charge >= 0.3 is 12.1 Å². The maximum Gasteiger partial charge on any atom is 0.433 e. The number of nitrogens with zero attached hydrogens (tertiary/aromatic N) is 2. The average Bonchev–Trinajstić information content (AvgIpc) is 2.84. The fraction of sp³-hybridized carbons (Fsp3) is 0.269. The highest BCUT2D eigenvalue weighted by Crippen LogP contribution is 2.38. The number of carbonyl (C=O) groups is 1. The Hall–Kier alpha value is -3.68. The second-order valence-corrected chi connectivity index (χ2v) is 8.49. The minimum atomic E-state index is -4.47. The Morgan fingerprint density at radius 2 is 1.53 bits per heavy atom. The van der Waals surface area contributed by atoms with E-state index in [9.17, 15) is 18.0 Å². The highest BCUT2D eigenvalue weighted by molar-refractivity contribution is 5.86. The van der Waals surface area contributed by atoms with Crippen LogP contribution in [0.25, 0.3) is 11.3 Å². The van der Waals surface area contributed by atoms with Gasteiger partial charge in [0.25, 0.3) is 0 Å². The van der Waals surface area contributed by atoms with E-state index in [-0.39, 0.29) is 5.92 Å². The van der Waals surface area contributed by atoms with Gasteiger partial charge in [-0.05, 0) is 67.3 Å². The van der Waals surface area contributed by atoms with Crippen molar-refractivity contribution in [3.63, 3.8) is 0 Å². The quantitative estimate of drug-likeness (QED) is 0.389. The van der Waals surface area contributed by atoms with Crippen LogP contribution in [0, 0.1) is 5.92 Å². The lowest BCUT2D eigenvalue weighted by Crippen LogP contribution is -2.18. The molecular formula is C26H24F3N3O2. The van der Waals surface area contributed by atoms with Crippen molar-refractivity contribution in [2.75, 3.05) is 5.32 Å². The molecule has 2 N–H and O–H groups in total. The topological polar surface area (TPSA) is 75.1 Å². The van der Waals surface area contributed by atoms with Crippen LogP contribution in [-0.4, -0.2) is 21.0 Å². The van der Waals surface area contributed by atoms with Gasteiger partial charge in [0, 0.05) is 11.1 Å². The number of halogens is 3. The molecule has 176 valence electrons. The summed E-state index contributed by atoms with van der Waals surface area (Å²) in [7, 11) is 0. The van der Waals surface area contributed by atoms with Gasteiger partial charge in [0.2, 0.25) is 0 Å². The molecule has 34 heavy (non-hydrogen) atoms. The third-order valence-electron chi connectivity index (χ3n) is 6.28. The lowest BCUT2D eigenvalue weighted by molar-refractivity contribution is -0.141. The van der Waals surface area contributed by atoms with Crippen LogP contribution in [0.5, 0.6) is 0 Å². The van der Waals surface area contributed by atoms with E-state index in [0.717, 1.165) is 49.2 Å². The molecule has 5 nitrogen and oxygen atoms in total. The number of nitrogens with one attached hydrogen (secondary N) is 1. The Balaban J connectivity index is 1.36. The number of rotatable bonds is 6. The van der Waals surface area contributed by atoms with Crippen LogP contribution in [-0.2, 0) is 11.0 Å². The van der Waals surface area contributed by atoms with Gasteiger partial charge in [-0.25, -0.2) is 9.78 Å². The van der Waals surface area contributed by atoms with E-state index >= 15 is 0 Å². The molecule has 0 aliphatic heterocycles. The van der Waals surface area contributed by atoms with E-state index in [0.29, 0.717) is 22.9 Å². The van der Waals surface area contributed by atoms with Gasteiger partial charge in [-0.3, -0.25) is 4.98 Å². The molecule has 1 saturated carbocycles. The van der Waals surface area contributed by atoms with Crippen LogP contribution >= 0.6 is 0 Å². The lowest BCUT2D eigenvalue weighted by Gasteiger charge is -2.29. The highest BCUT2D eigenvalue weighted by atomic mass is 19.4. The zero-order valence-corrected chi connectivity index (χ0v) is 18.3. The number of carboxylic acids is 1. The second kappa shape index (κ2) is 9.67. The fourth-order valence-electron chi connectivity index (χ4n) is 4.32. The molecule has 1 aliphatic rings. The minimum absolute atomic E-state index is 0.0581. The number of alkyl halides is 3. The van der Waals surface area contributed by atoms with Gasteiger partial charge in [-0.1, -0.05) is 30.8 Å². The molecule has 1 fully saturated rings. The molecule has 0 bridgehead atoms. The molecule has 0 unspecified atom stereocenters. The fourth-order valence-corrected chi connectivity index (χ4v) is 4.32. The van der Waals surface area contributed by atoms with Crippen molar-refractivity contribution in [3.05, 3.63) is 84.3 Å². The van der Waals surface area contributed by atoms with Crippen molar-refractivity contribution in [1.29, 1.82) is 0 Å². The van der Waals surface area contributed by atoms with E-state index in [1.165, 1.54) is 11.6 Å². The first-order valence-corrected chi connectivity index (χ1v) is 11.0. The molecular weight excluding hydrogens is 443 g/mol. The number of carboxylic acid groups (broad SMARTS) is 1. The summed E-state index contributed by atoms with van der Waals surface area (Å²) in [5.74, 6) is -0.441. The number of pyridine rings is 2. The zero-order chi connectivity index (χ0) is 24.3. The molecule has 0 amide bonds. The number of aromatic nitrogens is 2. The maximum atomic E-state index is 12.6. The predicted molar refractivity (Wildman–Crippen MR) is 124 cm³/mol. The van der Waals surface area contributed by atoms with Gasteiger partial charge in [-0.15, -0.1) is 0 Å². The normalized spacial score (nSPS) is 18.3. The Morgan fingerprint density at radius 3 is 2.03 bits per heavy atom. The summed E-state index contributed by atoms with van der Waals surface area (Å²) in [6, 6.07) is 14.1. The van der Waals surface area contributed by atoms with Crippen molar-refractivity contribution in [1.82, 2.24) is 9.97 Å². The summed E-state index contributed by atoms with van der Waals surface area (Å²) < 4.78 is 37.9. The maximum absolute atomic E-state index is 12.6. The third-order valence-corrected chi connectivity index (χ3v) is 6.28. The summed E-state index contributed by atoms with van der Waals surface area (Å²) in [6.07, 6.45) is 1.84. The predicted octanol–water partition coefficient (Wildman–Crippen LogP) is 6.82. The summed E-state index contributed by atoms with van der Waals surface area (Å²) in [5.41, 5.74) is 3.43. The molecule has 8 heteroatoms. The molecule has 0 atom stereocenters. The van der Waals surface area contributed by atoms with Crippen LogP contribution in [0.1, 0.15) is 42.9 Å². The second-order valence-electron chi connectivity index (χ2n) is 8.49. The third kappa shape index (κ3) is 5.44. The molecule has 2 aromatic heterocycles. The van der Waals surface area contributed by atoms with Crippen molar-refractivity contribution < 1.29 is 23.1 Å². The first kappa shape index (κ1) is 23.5. The van der Waals surface area contributed by atoms with Crippen molar-refractivity contribution in [3.8, 4) is 11.3 Å². The summed E-state index contributed by atoms with van der Waals surface area (Å²) in [5, 5.41) is 12.1. The molecule has 0 spiro atoms. The minimum Gasteiger partial charge on any atom is -0.478 e. The zero-order valence-electron chi connectivity index (χ0n) is 18.3. The van der Waals surface area contributed by atoms with E-state index in [1.54, 1.807) is 6.20 Å². The van der Waals surface area contributed by atoms with Crippen LogP contribution in [0.3, 0.4) is 0 Å². The Morgan fingerprint density at radius 1 is 0.912 bits per heavy atom. The average molecular weight is 467 g/mol. The number of hydrogen-bond acceptors (Lipinski definition) is 4. The van der Waals surface area contributed by atoms with E-state index < -0.39 is 17.8 Å². The van der Waals surface area contributed by atoms with Gasteiger partial charge in [0.1, 0.15) is 5.69 Å². The highest BCUT2D eigenvalue weighted by Gasteiger charge is 2.32. The molecule has 3 aromatic rings. The number of aliphatic carboxylic acids is 1. The van der Waals surface area contributed by atoms with Crippen molar-refractivity contribution in [2.45, 2.75) is 37.8 Å². The largest absolute Gasteiger partial charge is 0.478 e. The molecule has 1 aliphatic carbocycles. The Bertz CT molecular complexity index is 1150. The monoisotopic (exact) mass is 467 g/mol. The summed E-state index contributed by atoms with van der Waals surface area (Å²) in [6.45, 7) is 3.71. The Labute approximate surface area is 195 Å². The van der Waals surface area contributed by atoms with E-state index in [4.69, 9.17) is 5.11 Å². The van der Waals surface area contributed by atoms with Crippen molar-refractivity contribution >= 4 is 17.3 Å². The van der Waals surface area contributed by atoms with Crippen LogP contribution in [0.2, 0.25) is 0 Å².